The molecular formula is C8H16IN3. The maximum Gasteiger partial charge on any atom is 0.109 e. The van der Waals surface area contributed by atoms with Gasteiger partial charge < -0.3 is 4.90 Å². The van der Waals surface area contributed by atoms with Crippen LogP contribution in [0.2, 0.25) is 0 Å². The quantitative estimate of drug-likeness (QED) is 0.249. The maximum absolute atomic E-state index is 4.04. The number of halogens is 1. The van der Waals surface area contributed by atoms with Crippen molar-refractivity contribution in [3.8, 4) is 0 Å². The van der Waals surface area contributed by atoms with Crippen molar-refractivity contribution in [3.05, 3.63) is 0 Å². The lowest BCUT2D eigenvalue weighted by molar-refractivity contribution is 0.403. The fourth-order valence-electron chi connectivity index (χ4n) is 0.636. The molecular weight excluding hydrogens is 265 g/mol. The molecule has 12 heavy (non-hydrogen) atoms. The number of alkyl halides is 1. The van der Waals surface area contributed by atoms with Gasteiger partial charge in [0.25, 0.3) is 0 Å². The summed E-state index contributed by atoms with van der Waals surface area (Å²) >= 11 is 2.22. The van der Waals surface area contributed by atoms with Crippen LogP contribution in [-0.4, -0.2) is 42.1 Å². The lowest BCUT2D eigenvalue weighted by Crippen LogP contribution is -2.13. The maximum atomic E-state index is 4.04. The second kappa shape index (κ2) is 7.71. The van der Waals surface area contributed by atoms with Crippen molar-refractivity contribution in [3.63, 3.8) is 0 Å². The molecule has 0 aromatic carbocycles. The van der Waals surface area contributed by atoms with Crippen LogP contribution < -0.4 is 0 Å². The Kier molecular flexibility index (Phi) is 7.75. The van der Waals surface area contributed by atoms with Crippen LogP contribution >= 0.6 is 22.6 Å². The molecule has 0 amide bonds. The first kappa shape index (κ1) is 12.1. The van der Waals surface area contributed by atoms with E-state index in [9.17, 15) is 0 Å². The zero-order valence-electron chi connectivity index (χ0n) is 7.92. The van der Waals surface area contributed by atoms with Crippen LogP contribution in [0.3, 0.4) is 0 Å². The van der Waals surface area contributed by atoms with Crippen molar-refractivity contribution in [2.24, 2.45) is 9.98 Å². The van der Waals surface area contributed by atoms with Crippen molar-refractivity contribution in [1.29, 1.82) is 0 Å². The van der Waals surface area contributed by atoms with Gasteiger partial charge in [0.05, 0.1) is 12.6 Å². The molecule has 0 N–H and O–H groups in total. The Labute approximate surface area is 88.1 Å². The van der Waals surface area contributed by atoms with Gasteiger partial charge in [0.1, 0.15) is 4.05 Å². The van der Waals surface area contributed by atoms with Gasteiger partial charge in [-0.25, -0.2) is 9.98 Å². The first-order chi connectivity index (χ1) is 5.63. The van der Waals surface area contributed by atoms with E-state index in [2.05, 4.69) is 57.6 Å². The second-order valence-electron chi connectivity index (χ2n) is 2.84. The van der Waals surface area contributed by atoms with Gasteiger partial charge in [0.2, 0.25) is 0 Å². The van der Waals surface area contributed by atoms with E-state index in [1.165, 1.54) is 0 Å². The minimum Gasteiger partial charge on any atom is -0.309 e. The molecule has 0 aliphatic heterocycles. The van der Waals surface area contributed by atoms with Gasteiger partial charge in [-0.1, -0.05) is 22.6 Å². The number of aliphatic imine (C=N–C) groups is 2. The Morgan fingerprint density at radius 2 is 2.17 bits per heavy atom. The molecule has 0 spiro atoms. The second-order valence-corrected chi connectivity index (χ2v) is 4.64. The van der Waals surface area contributed by atoms with Crippen LogP contribution in [0.4, 0.5) is 0 Å². The molecule has 3 nitrogen and oxygen atoms in total. The molecule has 0 bridgehead atoms. The highest BCUT2D eigenvalue weighted by Crippen LogP contribution is 1.96. The molecule has 0 aliphatic rings. The predicted octanol–water partition coefficient (Wildman–Crippen LogP) is 1.89. The van der Waals surface area contributed by atoms with Crippen LogP contribution in [0.5, 0.6) is 0 Å². The van der Waals surface area contributed by atoms with Crippen molar-refractivity contribution >= 4 is 28.6 Å². The molecule has 70 valence electrons. The number of rotatable bonds is 5. The van der Waals surface area contributed by atoms with E-state index in [1.807, 2.05) is 6.92 Å². The van der Waals surface area contributed by atoms with Gasteiger partial charge in [-0.15, -0.1) is 0 Å². The summed E-state index contributed by atoms with van der Waals surface area (Å²) in [6.07, 6.45) is 1.07. The largest absolute Gasteiger partial charge is 0.309 e. The molecule has 0 saturated heterocycles. The summed E-state index contributed by atoms with van der Waals surface area (Å²) in [5.74, 6) is 0. The molecule has 0 heterocycles. The van der Waals surface area contributed by atoms with Gasteiger partial charge in [-0.3, -0.25) is 0 Å². The molecule has 0 rings (SSSR count). The van der Waals surface area contributed by atoms with Crippen molar-refractivity contribution < 1.29 is 0 Å². The Bertz CT molecular complexity index is 160. The van der Waals surface area contributed by atoms with Crippen LogP contribution in [-0.2, 0) is 0 Å². The molecule has 0 aromatic rings. The third-order valence-electron chi connectivity index (χ3n) is 1.18. The third kappa shape index (κ3) is 10.1. The molecule has 0 radical (unpaired) electrons. The van der Waals surface area contributed by atoms with Gasteiger partial charge in [0, 0.05) is 0 Å². The summed E-state index contributed by atoms with van der Waals surface area (Å²) in [5.41, 5.74) is 0. The predicted molar refractivity (Wildman–Crippen MR) is 61.4 cm³/mol. The average molecular weight is 281 g/mol. The number of hydrogen-bond acceptors (Lipinski definition) is 3. The fraction of sp³-hybridized carbons (Fsp3) is 0.875. The Morgan fingerprint density at radius 1 is 1.50 bits per heavy atom. The number of nitrogens with zero attached hydrogens (tertiary/aromatic N) is 3. The molecule has 0 aromatic heterocycles. The zero-order valence-corrected chi connectivity index (χ0v) is 10.1. The van der Waals surface area contributed by atoms with E-state index < -0.39 is 0 Å². The monoisotopic (exact) mass is 281 g/mol. The van der Waals surface area contributed by atoms with E-state index in [4.69, 9.17) is 0 Å². The smallest absolute Gasteiger partial charge is 0.109 e. The molecule has 0 saturated carbocycles. The summed E-state index contributed by atoms with van der Waals surface area (Å²) in [6, 6.07) is 2.68. The lowest BCUT2D eigenvalue weighted by Gasteiger charge is -2.05. The van der Waals surface area contributed by atoms with Crippen molar-refractivity contribution in [1.82, 2.24) is 4.90 Å². The number of hydrogen-bond donors (Lipinski definition) is 0. The van der Waals surface area contributed by atoms with Crippen LogP contribution in [0, 0.1) is 0 Å². The highest BCUT2D eigenvalue weighted by Gasteiger charge is 1.87. The van der Waals surface area contributed by atoms with Crippen LogP contribution in [0.1, 0.15) is 13.3 Å². The van der Waals surface area contributed by atoms with Gasteiger partial charge in [-0.05, 0) is 34.0 Å². The van der Waals surface area contributed by atoms with E-state index >= 15 is 0 Å². The Morgan fingerprint density at radius 3 is 2.67 bits per heavy atom. The summed E-state index contributed by atoms with van der Waals surface area (Å²) in [5, 5.41) is 0. The summed E-state index contributed by atoms with van der Waals surface area (Å²) in [4.78, 5) is 10.2. The van der Waals surface area contributed by atoms with Crippen LogP contribution in [0.25, 0.3) is 0 Å². The normalized spacial score (nSPS) is 12.4. The van der Waals surface area contributed by atoms with Gasteiger partial charge in [-0.2, -0.15) is 0 Å². The fourth-order valence-corrected chi connectivity index (χ4v) is 0.761. The minimum atomic E-state index is 0.278. The highest BCUT2D eigenvalue weighted by molar-refractivity contribution is 14.1. The standard InChI is InChI=1S/C8H16IN3/c1-8(9)11-7-10-5-4-6-12(2)3/h8H,4-6H2,1-3H3. The highest BCUT2D eigenvalue weighted by atomic mass is 127. The van der Waals surface area contributed by atoms with Crippen molar-refractivity contribution in [2.75, 3.05) is 27.2 Å². The minimum absolute atomic E-state index is 0.278. The third-order valence-corrected chi connectivity index (χ3v) is 1.46. The summed E-state index contributed by atoms with van der Waals surface area (Å²) in [6.45, 7) is 3.90. The van der Waals surface area contributed by atoms with E-state index in [1.54, 1.807) is 0 Å². The first-order valence-electron chi connectivity index (χ1n) is 4.03. The zero-order chi connectivity index (χ0) is 9.40. The SMILES string of the molecule is CC(I)N=C=NCCCN(C)C. The van der Waals surface area contributed by atoms with Crippen molar-refractivity contribution in [2.45, 2.75) is 17.4 Å². The lowest BCUT2D eigenvalue weighted by atomic mass is 10.4. The Hall–Kier alpha value is 0.0700. The molecule has 0 aliphatic carbocycles. The summed E-state index contributed by atoms with van der Waals surface area (Å²) < 4.78 is 0.278. The van der Waals surface area contributed by atoms with E-state index in [0.29, 0.717) is 0 Å². The Balaban J connectivity index is 3.36. The molecule has 4 heteroatoms. The van der Waals surface area contributed by atoms with E-state index in [0.717, 1.165) is 19.5 Å². The van der Waals surface area contributed by atoms with Gasteiger partial charge >= 0.3 is 0 Å². The average Bonchev–Trinajstić information content (AvgIpc) is 1.95. The first-order valence-corrected chi connectivity index (χ1v) is 5.27. The molecule has 1 unspecified atom stereocenters. The summed E-state index contributed by atoms with van der Waals surface area (Å²) in [7, 11) is 4.12. The van der Waals surface area contributed by atoms with Gasteiger partial charge in [0.15, 0.2) is 0 Å². The van der Waals surface area contributed by atoms with E-state index in [-0.39, 0.29) is 4.05 Å². The van der Waals surface area contributed by atoms with Crippen LogP contribution in [0.15, 0.2) is 9.98 Å². The topological polar surface area (TPSA) is 28.0 Å². The molecule has 1 atom stereocenters. The molecule has 0 fully saturated rings.